The number of nitrogens with one attached hydrogen (secondary N) is 5. The van der Waals surface area contributed by atoms with Gasteiger partial charge in [-0.2, -0.15) is 0 Å². The highest BCUT2D eigenvalue weighted by molar-refractivity contribution is 9.11. The van der Waals surface area contributed by atoms with Gasteiger partial charge in [0.25, 0.3) is 17.7 Å². The molecule has 0 bridgehead atoms. The number of rotatable bonds is 15. The summed E-state index contributed by atoms with van der Waals surface area (Å²) in [6.07, 6.45) is 0. The number of nitrogens with zero attached hydrogens (tertiary/aromatic N) is 3. The van der Waals surface area contributed by atoms with Crippen molar-refractivity contribution in [3.05, 3.63) is 165 Å². The van der Waals surface area contributed by atoms with Gasteiger partial charge in [-0.3, -0.25) is 28.8 Å². The Kier molecular flexibility index (Phi) is 15.9. The molecule has 7 aromatic carbocycles. The number of anilines is 4. The third-order valence-corrected chi connectivity index (χ3v) is 15.6. The zero-order valence-electron chi connectivity index (χ0n) is 42.6. The molecule has 76 heavy (non-hydrogen) atoms. The molecule has 16 nitrogen and oxygen atoms in total. The molecule has 2 heterocycles. The Balaban J connectivity index is 1.07. The van der Waals surface area contributed by atoms with Crippen LogP contribution < -0.4 is 50.8 Å². The van der Waals surface area contributed by atoms with Gasteiger partial charge in [0.1, 0.15) is 29.6 Å². The Morgan fingerprint density at radius 3 is 1.64 bits per heavy atom. The van der Waals surface area contributed by atoms with Crippen LogP contribution in [0.2, 0.25) is 0 Å². The van der Waals surface area contributed by atoms with E-state index in [-0.39, 0.29) is 30.8 Å². The normalized spacial score (nSPS) is 17.2. The minimum Gasteiger partial charge on any atom is -0.496 e. The first-order chi connectivity index (χ1) is 36.7. The van der Waals surface area contributed by atoms with Crippen molar-refractivity contribution in [1.29, 1.82) is 0 Å². The molecule has 18 heteroatoms. The van der Waals surface area contributed by atoms with Crippen molar-refractivity contribution in [2.24, 2.45) is 0 Å². The summed E-state index contributed by atoms with van der Waals surface area (Å²) in [5.41, 5.74) is 3.54. The molecule has 5 amide bonds. The number of hydrogen-bond acceptors (Lipinski definition) is 11. The van der Waals surface area contributed by atoms with Gasteiger partial charge in [-0.1, -0.05) is 92.5 Å². The second-order valence-corrected chi connectivity index (χ2v) is 20.3. The van der Waals surface area contributed by atoms with Crippen LogP contribution in [0.1, 0.15) is 45.7 Å². The van der Waals surface area contributed by atoms with E-state index in [9.17, 15) is 9.59 Å². The van der Waals surface area contributed by atoms with E-state index in [1.807, 2.05) is 60.7 Å². The van der Waals surface area contributed by atoms with Gasteiger partial charge in [-0.25, -0.2) is 0 Å². The van der Waals surface area contributed by atoms with Crippen LogP contribution >= 0.6 is 31.9 Å². The summed E-state index contributed by atoms with van der Waals surface area (Å²) in [4.78, 5) is 92.4. The maximum absolute atomic E-state index is 15.3. The molecule has 0 aliphatic carbocycles. The lowest BCUT2D eigenvalue weighted by Crippen LogP contribution is -2.59. The van der Waals surface area contributed by atoms with Crippen LogP contribution in [0.4, 0.5) is 22.7 Å². The summed E-state index contributed by atoms with van der Waals surface area (Å²) >= 11 is 7.33. The number of ketones is 1. The number of likely N-dealkylation sites (N-methyl/N-ethyl adjacent to an activating group) is 2. The number of Topliss-reactive ketones (excluding diaryl/α,β-unsaturated/α-hetero) is 1. The molecule has 0 saturated carbocycles. The third kappa shape index (κ3) is 10.2. The highest BCUT2D eigenvalue weighted by atomic mass is 79.9. The quantitative estimate of drug-likeness (QED) is 0.0624. The molecular weight excluding hydrogens is 1100 g/mol. The summed E-state index contributed by atoms with van der Waals surface area (Å²) in [5.74, 6) is -1.89. The average Bonchev–Trinajstić information content (AvgIpc) is 3.66. The maximum Gasteiger partial charge on any atom is 0.258 e. The van der Waals surface area contributed by atoms with Crippen LogP contribution in [0, 0.1) is 0 Å². The predicted molar refractivity (Wildman–Crippen MR) is 302 cm³/mol. The van der Waals surface area contributed by atoms with Crippen LogP contribution in [0.25, 0.3) is 21.5 Å². The van der Waals surface area contributed by atoms with Gasteiger partial charge in [0.2, 0.25) is 11.8 Å². The number of carbonyl (C=O) groups is 6. The predicted octanol–water partition coefficient (Wildman–Crippen LogP) is 8.12. The van der Waals surface area contributed by atoms with Crippen LogP contribution in [-0.2, 0) is 32.3 Å². The summed E-state index contributed by atoms with van der Waals surface area (Å²) in [5, 5.41) is 18.5. The maximum atomic E-state index is 15.3. The fourth-order valence-corrected chi connectivity index (χ4v) is 10.8. The van der Waals surface area contributed by atoms with Crippen LogP contribution in [0.5, 0.6) is 11.5 Å². The van der Waals surface area contributed by atoms with Gasteiger partial charge in [0.15, 0.2) is 5.78 Å². The number of amides is 5. The van der Waals surface area contributed by atoms with Gasteiger partial charge in [-0.15, -0.1) is 0 Å². The van der Waals surface area contributed by atoms with Crippen LogP contribution in [-0.4, -0.2) is 100 Å². The molecule has 0 fully saturated rings. The Hall–Kier alpha value is -7.64. The summed E-state index contributed by atoms with van der Waals surface area (Å²) in [6, 6.07) is 34.0. The number of benzene rings is 7. The molecule has 390 valence electrons. The first kappa shape index (κ1) is 53.2. The van der Waals surface area contributed by atoms with E-state index in [1.165, 1.54) is 29.2 Å². The van der Waals surface area contributed by atoms with Crippen LogP contribution in [0.15, 0.2) is 142 Å². The highest BCUT2D eigenvalue weighted by Gasteiger charge is 2.43. The standard InChI is InChI=1S/C58H56Br2N8O8/c1-32(61-3)54(70)64-45-31-68(48-20-10-9-19-47(48)67(57(45)73)30-41-37-14-12-16-43(60)39(37)26-28-50(41)76-6)56(72)35-23-21-34(22-24-35)53(69)51-52(65-55(71)33(2)62-4)58(74)66(46-18-8-7-17-44(46)63-51)29-40-36-13-11-15-42(59)38(36)25-27-49(40)75-5/h7-28,32-33,45,51-52,61-63H,29-31H2,1-6H3,(H,64,70)(H,65,71)/t32-,33-,45-,51?,52-/m0/s1. The molecule has 5 N–H and O–H groups in total. The number of hydrogen-bond donors (Lipinski definition) is 5. The van der Waals surface area contributed by atoms with Crippen molar-refractivity contribution in [3.8, 4) is 11.5 Å². The van der Waals surface area contributed by atoms with E-state index in [2.05, 4.69) is 58.4 Å². The van der Waals surface area contributed by atoms with Crippen molar-refractivity contribution < 1.29 is 38.2 Å². The molecule has 0 aromatic heterocycles. The van der Waals surface area contributed by atoms with E-state index in [4.69, 9.17) is 9.47 Å². The van der Waals surface area contributed by atoms with E-state index < -0.39 is 65.5 Å². The second kappa shape index (κ2) is 22.7. The van der Waals surface area contributed by atoms with Crippen LogP contribution in [0.3, 0.4) is 0 Å². The van der Waals surface area contributed by atoms with Gasteiger partial charge in [0.05, 0.1) is 68.7 Å². The molecule has 0 saturated heterocycles. The van der Waals surface area contributed by atoms with Gasteiger partial charge < -0.3 is 50.8 Å². The zero-order chi connectivity index (χ0) is 53.9. The number of ether oxygens (including phenoxy) is 2. The summed E-state index contributed by atoms with van der Waals surface area (Å²) < 4.78 is 13.4. The Morgan fingerprint density at radius 2 is 1.09 bits per heavy atom. The lowest BCUT2D eigenvalue weighted by Gasteiger charge is -2.30. The van der Waals surface area contributed by atoms with Crippen molar-refractivity contribution >= 4 is 111 Å². The van der Waals surface area contributed by atoms with E-state index in [1.54, 1.807) is 100 Å². The number of para-hydroxylation sites is 4. The number of methoxy groups -OCH3 is 2. The second-order valence-electron chi connectivity index (χ2n) is 18.6. The average molecular weight is 1150 g/mol. The van der Waals surface area contributed by atoms with Crippen molar-refractivity contribution in [3.63, 3.8) is 0 Å². The largest absolute Gasteiger partial charge is 0.496 e. The molecule has 0 radical (unpaired) electrons. The molecule has 1 unspecified atom stereocenters. The van der Waals surface area contributed by atoms with Gasteiger partial charge in [-0.05, 0) is 122 Å². The van der Waals surface area contributed by atoms with Gasteiger partial charge in [0, 0.05) is 31.2 Å². The smallest absolute Gasteiger partial charge is 0.258 e. The van der Waals surface area contributed by atoms with Crippen molar-refractivity contribution in [2.75, 3.05) is 54.9 Å². The fraction of sp³-hybridized carbons (Fsp3) is 0.241. The lowest BCUT2D eigenvalue weighted by atomic mass is 9.95. The molecule has 9 rings (SSSR count). The van der Waals surface area contributed by atoms with E-state index >= 15 is 19.2 Å². The molecular formula is C58H56Br2N8O8. The molecule has 7 aromatic rings. The molecule has 2 aliphatic heterocycles. The Labute approximate surface area is 456 Å². The highest BCUT2D eigenvalue weighted by Crippen LogP contribution is 2.41. The number of fused-ring (bicyclic) bond motifs is 4. The van der Waals surface area contributed by atoms with E-state index in [0.717, 1.165) is 36.1 Å². The SMILES string of the molecule is CN[C@@H](C)C(=O)N[C@H]1CN(C(=O)c2ccc(C(=O)C3Nc4ccccc4N(Cc4c(OC)ccc5c(Br)cccc45)C(=O)[C@H]3NC(=O)[C@H](C)NC)cc2)c2ccccc2N(Cc2c(OC)ccc3c(Br)cccc23)C1=O. The zero-order valence-corrected chi connectivity index (χ0v) is 45.7. The first-order valence-corrected chi connectivity index (χ1v) is 26.2. The number of halogens is 2. The Bertz CT molecular complexity index is 3430. The minimum absolute atomic E-state index is 0.0253. The van der Waals surface area contributed by atoms with Crippen molar-refractivity contribution in [2.45, 2.75) is 57.1 Å². The third-order valence-electron chi connectivity index (χ3n) is 14.2. The lowest BCUT2D eigenvalue weighted by molar-refractivity contribution is -0.128. The fourth-order valence-electron chi connectivity index (χ4n) is 9.78. The summed E-state index contributed by atoms with van der Waals surface area (Å²) in [6.45, 7) is 3.15. The van der Waals surface area contributed by atoms with Gasteiger partial charge >= 0.3 is 0 Å². The van der Waals surface area contributed by atoms with Crippen molar-refractivity contribution in [1.82, 2.24) is 21.3 Å². The first-order valence-electron chi connectivity index (χ1n) is 24.6. The molecule has 5 atom stereocenters. The summed E-state index contributed by atoms with van der Waals surface area (Å²) in [7, 11) is 6.39. The van der Waals surface area contributed by atoms with E-state index in [0.29, 0.717) is 39.8 Å². The monoisotopic (exact) mass is 1150 g/mol. The minimum atomic E-state index is -1.42. The number of carbonyl (C=O) groups excluding carboxylic acids is 6. The Morgan fingerprint density at radius 1 is 0.592 bits per heavy atom. The molecule has 0 spiro atoms. The molecule has 2 aliphatic rings. The topological polar surface area (TPSA) is 191 Å².